The first-order valence-corrected chi connectivity index (χ1v) is 6.40. The molecule has 2 rings (SSSR count). The van der Waals surface area contributed by atoms with Crippen LogP contribution in [0, 0.1) is 0 Å². The van der Waals surface area contributed by atoms with Gasteiger partial charge in [0.2, 0.25) is 0 Å². The van der Waals surface area contributed by atoms with Crippen LogP contribution in [0.5, 0.6) is 0 Å². The third kappa shape index (κ3) is 3.39. The molecule has 20 heavy (non-hydrogen) atoms. The molecule has 0 radical (unpaired) electrons. The van der Waals surface area contributed by atoms with Gasteiger partial charge in [-0.3, -0.25) is 4.79 Å². The zero-order chi connectivity index (χ0) is 14.8. The van der Waals surface area contributed by atoms with Crippen LogP contribution in [0.25, 0.3) is 0 Å². The minimum Gasteiger partial charge on any atom is -0.322 e. The third-order valence-corrected chi connectivity index (χ3v) is 3.11. The van der Waals surface area contributed by atoms with Gasteiger partial charge in [0.15, 0.2) is 0 Å². The topological polar surface area (TPSA) is 29.1 Å². The van der Waals surface area contributed by atoms with Gasteiger partial charge in [0.1, 0.15) is 0 Å². The molecule has 6 heteroatoms. The van der Waals surface area contributed by atoms with E-state index in [1.54, 1.807) is 24.3 Å². The highest BCUT2D eigenvalue weighted by Crippen LogP contribution is 2.32. The molecular weight excluding hydrogens is 335 g/mol. The van der Waals surface area contributed by atoms with Gasteiger partial charge in [-0.15, -0.1) is 0 Å². The molecule has 2 aromatic rings. The van der Waals surface area contributed by atoms with E-state index in [-0.39, 0.29) is 0 Å². The van der Waals surface area contributed by atoms with Gasteiger partial charge >= 0.3 is 6.18 Å². The minimum atomic E-state index is -4.56. The number of carbonyl (C=O) groups excluding carboxylic acids is 1. The van der Waals surface area contributed by atoms with Gasteiger partial charge < -0.3 is 5.32 Å². The van der Waals surface area contributed by atoms with Crippen LogP contribution in [0.1, 0.15) is 15.9 Å². The van der Waals surface area contributed by atoms with Crippen molar-refractivity contribution >= 4 is 27.5 Å². The fraction of sp³-hybridized carbons (Fsp3) is 0.0714. The Morgan fingerprint density at radius 2 is 1.60 bits per heavy atom. The summed E-state index contributed by atoms with van der Waals surface area (Å²) >= 11 is 3.23. The molecule has 1 amide bonds. The maximum absolute atomic E-state index is 12.8. The van der Waals surface area contributed by atoms with Crippen LogP contribution in [0.3, 0.4) is 0 Å². The molecule has 0 aliphatic heterocycles. The Kier molecular flexibility index (Phi) is 4.13. The maximum atomic E-state index is 12.8. The number of nitrogens with one attached hydrogen (secondary N) is 1. The fourth-order valence-corrected chi connectivity index (χ4v) is 1.92. The van der Waals surface area contributed by atoms with E-state index in [9.17, 15) is 18.0 Å². The number of anilines is 1. The highest BCUT2D eigenvalue weighted by Gasteiger charge is 2.34. The number of alkyl halides is 3. The van der Waals surface area contributed by atoms with Gasteiger partial charge in [-0.25, -0.2) is 0 Å². The van der Waals surface area contributed by atoms with Gasteiger partial charge in [-0.1, -0.05) is 28.1 Å². The Morgan fingerprint density at radius 1 is 1.00 bits per heavy atom. The summed E-state index contributed by atoms with van der Waals surface area (Å²) in [4.78, 5) is 11.9. The lowest BCUT2D eigenvalue weighted by Gasteiger charge is -2.12. The summed E-state index contributed by atoms with van der Waals surface area (Å²) < 4.78 is 39.3. The van der Waals surface area contributed by atoms with Crippen LogP contribution in [0.15, 0.2) is 53.0 Å². The maximum Gasteiger partial charge on any atom is 0.417 e. The predicted octanol–water partition coefficient (Wildman–Crippen LogP) is 4.72. The summed E-state index contributed by atoms with van der Waals surface area (Å²) in [6.07, 6.45) is -4.56. The van der Waals surface area contributed by atoms with E-state index in [1.807, 2.05) is 0 Å². The standard InChI is InChI=1S/C14H9BrF3NO/c15-9-5-7-10(8-6-9)19-13(20)11-3-1-2-4-12(11)14(16,17)18/h1-8H,(H,19,20). The molecule has 0 spiro atoms. The number of hydrogen-bond donors (Lipinski definition) is 1. The molecule has 0 saturated carbocycles. The van der Waals surface area contributed by atoms with Crippen LogP contribution in [0.4, 0.5) is 18.9 Å². The number of benzene rings is 2. The Balaban J connectivity index is 2.28. The Morgan fingerprint density at radius 3 is 2.20 bits per heavy atom. The van der Waals surface area contributed by atoms with E-state index < -0.39 is 23.2 Å². The summed E-state index contributed by atoms with van der Waals surface area (Å²) in [7, 11) is 0. The average Bonchev–Trinajstić information content (AvgIpc) is 2.40. The van der Waals surface area contributed by atoms with Crippen molar-refractivity contribution in [2.75, 3.05) is 5.32 Å². The summed E-state index contributed by atoms with van der Waals surface area (Å²) in [6, 6.07) is 11.2. The predicted molar refractivity (Wildman–Crippen MR) is 73.5 cm³/mol. The lowest BCUT2D eigenvalue weighted by atomic mass is 10.1. The minimum absolute atomic E-state index is 0.400. The molecule has 0 saturated heterocycles. The van der Waals surface area contributed by atoms with Crippen LogP contribution < -0.4 is 5.32 Å². The van der Waals surface area contributed by atoms with Crippen molar-refractivity contribution in [1.82, 2.24) is 0 Å². The van der Waals surface area contributed by atoms with Crippen LogP contribution in [-0.4, -0.2) is 5.91 Å². The highest BCUT2D eigenvalue weighted by molar-refractivity contribution is 9.10. The summed E-state index contributed by atoms with van der Waals surface area (Å²) in [5, 5.41) is 2.44. The van der Waals surface area contributed by atoms with E-state index in [1.165, 1.54) is 12.1 Å². The Bertz CT molecular complexity index is 623. The van der Waals surface area contributed by atoms with E-state index in [2.05, 4.69) is 21.2 Å². The molecular formula is C14H9BrF3NO. The van der Waals surface area contributed by atoms with Crippen molar-refractivity contribution in [2.24, 2.45) is 0 Å². The molecule has 104 valence electrons. The Hall–Kier alpha value is -1.82. The fourth-order valence-electron chi connectivity index (χ4n) is 1.66. The largest absolute Gasteiger partial charge is 0.417 e. The van der Waals surface area contributed by atoms with Crippen molar-refractivity contribution in [3.63, 3.8) is 0 Å². The normalized spacial score (nSPS) is 11.2. The monoisotopic (exact) mass is 343 g/mol. The second kappa shape index (κ2) is 5.66. The molecule has 0 fully saturated rings. The van der Waals surface area contributed by atoms with E-state index in [4.69, 9.17) is 0 Å². The zero-order valence-corrected chi connectivity index (χ0v) is 11.6. The van der Waals surface area contributed by atoms with Gasteiger partial charge in [-0.05, 0) is 36.4 Å². The summed E-state index contributed by atoms with van der Waals surface area (Å²) in [6.45, 7) is 0. The second-order valence-corrected chi connectivity index (χ2v) is 4.92. The molecule has 0 unspecified atom stereocenters. The van der Waals surface area contributed by atoms with Crippen molar-refractivity contribution in [2.45, 2.75) is 6.18 Å². The van der Waals surface area contributed by atoms with Crippen LogP contribution in [-0.2, 0) is 6.18 Å². The Labute approximate surface area is 121 Å². The quantitative estimate of drug-likeness (QED) is 0.839. The third-order valence-electron chi connectivity index (χ3n) is 2.58. The lowest BCUT2D eigenvalue weighted by Crippen LogP contribution is -2.18. The first-order valence-electron chi connectivity index (χ1n) is 5.61. The average molecular weight is 344 g/mol. The van der Waals surface area contributed by atoms with E-state index in [0.717, 1.165) is 16.6 Å². The summed E-state index contributed by atoms with van der Waals surface area (Å²) in [5.74, 6) is -0.791. The SMILES string of the molecule is O=C(Nc1ccc(Br)cc1)c1ccccc1C(F)(F)F. The molecule has 0 aromatic heterocycles. The number of rotatable bonds is 2. The molecule has 1 N–H and O–H groups in total. The molecule has 0 heterocycles. The second-order valence-electron chi connectivity index (χ2n) is 4.00. The summed E-state index contributed by atoms with van der Waals surface area (Å²) in [5.41, 5.74) is -0.923. The molecule has 0 aliphatic carbocycles. The van der Waals surface area contributed by atoms with Crippen LogP contribution in [0.2, 0.25) is 0 Å². The lowest BCUT2D eigenvalue weighted by molar-refractivity contribution is -0.137. The zero-order valence-electron chi connectivity index (χ0n) is 10.0. The molecule has 2 aromatic carbocycles. The van der Waals surface area contributed by atoms with Gasteiger partial charge in [0.05, 0.1) is 11.1 Å². The molecule has 0 bridgehead atoms. The van der Waals surface area contributed by atoms with Crippen molar-refractivity contribution in [3.8, 4) is 0 Å². The van der Waals surface area contributed by atoms with Crippen molar-refractivity contribution in [3.05, 3.63) is 64.1 Å². The number of carbonyl (C=O) groups is 1. The highest BCUT2D eigenvalue weighted by atomic mass is 79.9. The first-order chi connectivity index (χ1) is 9.38. The smallest absolute Gasteiger partial charge is 0.322 e. The molecule has 0 atom stereocenters. The number of halogens is 4. The van der Waals surface area contributed by atoms with E-state index in [0.29, 0.717) is 5.69 Å². The number of hydrogen-bond acceptors (Lipinski definition) is 1. The van der Waals surface area contributed by atoms with Gasteiger partial charge in [0.25, 0.3) is 5.91 Å². The van der Waals surface area contributed by atoms with Crippen LogP contribution >= 0.6 is 15.9 Å². The van der Waals surface area contributed by atoms with Gasteiger partial charge in [-0.2, -0.15) is 13.2 Å². The van der Waals surface area contributed by atoms with Crippen molar-refractivity contribution < 1.29 is 18.0 Å². The van der Waals surface area contributed by atoms with Gasteiger partial charge in [0, 0.05) is 10.2 Å². The van der Waals surface area contributed by atoms with Crippen molar-refractivity contribution in [1.29, 1.82) is 0 Å². The first kappa shape index (κ1) is 14.6. The molecule has 0 aliphatic rings. The number of amides is 1. The molecule has 2 nitrogen and oxygen atoms in total. The van der Waals surface area contributed by atoms with E-state index >= 15 is 0 Å².